The normalized spacial score (nSPS) is 17.6. The summed E-state index contributed by atoms with van der Waals surface area (Å²) in [5.41, 5.74) is 4.28. The molecule has 3 N–H and O–H groups in total. The minimum absolute atomic E-state index is 0.215. The van der Waals surface area contributed by atoms with Crippen LogP contribution in [0.5, 0.6) is 0 Å². The van der Waals surface area contributed by atoms with Gasteiger partial charge in [-0.05, 0) is 48.2 Å². The molecule has 0 saturated carbocycles. The molecule has 1 fully saturated rings. The molecule has 1 saturated heterocycles. The zero-order valence-electron chi connectivity index (χ0n) is 18.5. The predicted octanol–water partition coefficient (Wildman–Crippen LogP) is 2.37. The van der Waals surface area contributed by atoms with E-state index < -0.39 is 11.9 Å². The van der Waals surface area contributed by atoms with Crippen molar-refractivity contribution in [1.82, 2.24) is 25.8 Å². The van der Waals surface area contributed by atoms with Crippen LogP contribution >= 0.6 is 11.3 Å². The van der Waals surface area contributed by atoms with Gasteiger partial charge in [0, 0.05) is 25.1 Å². The maximum Gasteiger partial charge on any atom is 0.315 e. The molecule has 0 aliphatic carbocycles. The van der Waals surface area contributed by atoms with Crippen LogP contribution in [0.4, 0.5) is 4.79 Å². The molecule has 3 aromatic rings. The molecule has 2 aromatic carbocycles. The highest BCUT2D eigenvalue weighted by Crippen LogP contribution is 2.28. The van der Waals surface area contributed by atoms with E-state index in [0.717, 1.165) is 31.9 Å². The second-order valence-corrected chi connectivity index (χ2v) is 9.62. The Morgan fingerprint density at radius 2 is 1.97 bits per heavy atom. The van der Waals surface area contributed by atoms with Gasteiger partial charge in [-0.3, -0.25) is 19.7 Å². The number of aromatic nitrogens is 1. The lowest BCUT2D eigenvalue weighted by Crippen LogP contribution is -2.52. The number of carbonyl (C=O) groups is 4. The Kier molecular flexibility index (Phi) is 5.74. The van der Waals surface area contributed by atoms with Crippen LogP contribution in [0.3, 0.4) is 0 Å². The smallest absolute Gasteiger partial charge is 0.315 e. The van der Waals surface area contributed by atoms with Gasteiger partial charge in [0.1, 0.15) is 11.0 Å². The number of benzene rings is 2. The van der Waals surface area contributed by atoms with E-state index in [1.165, 1.54) is 4.90 Å². The lowest BCUT2D eigenvalue weighted by molar-refractivity contribution is -0.136. The minimum atomic E-state index is -0.642. The number of carbonyl (C=O) groups excluding carboxylic acids is 4. The number of rotatable bonds is 5. The quantitative estimate of drug-likeness (QED) is 0.487. The van der Waals surface area contributed by atoms with Gasteiger partial charge < -0.3 is 15.5 Å². The fraction of sp³-hybridized carbons (Fsp3) is 0.292. The van der Waals surface area contributed by atoms with Crippen LogP contribution in [0.15, 0.2) is 36.4 Å². The summed E-state index contributed by atoms with van der Waals surface area (Å²) in [7, 11) is 0. The van der Waals surface area contributed by atoms with E-state index in [4.69, 9.17) is 0 Å². The molecule has 1 atom stereocenters. The zero-order chi connectivity index (χ0) is 23.8. The van der Waals surface area contributed by atoms with Gasteiger partial charge in [0.2, 0.25) is 11.8 Å². The Morgan fingerprint density at radius 1 is 1.15 bits per heavy atom. The summed E-state index contributed by atoms with van der Waals surface area (Å²) >= 11 is 1.55. The van der Waals surface area contributed by atoms with E-state index in [-0.39, 0.29) is 24.3 Å². The molecule has 9 nitrogen and oxygen atoms in total. The van der Waals surface area contributed by atoms with Crippen LogP contribution in [-0.2, 0) is 29.2 Å². The summed E-state index contributed by atoms with van der Waals surface area (Å²) in [6.45, 7) is 2.96. The fourth-order valence-corrected chi connectivity index (χ4v) is 5.19. The fourth-order valence-electron chi connectivity index (χ4n) is 4.30. The van der Waals surface area contributed by atoms with Crippen LogP contribution in [-0.4, -0.2) is 39.7 Å². The molecule has 1 aromatic heterocycles. The molecule has 0 spiro atoms. The number of hydrogen-bond donors (Lipinski definition) is 3. The number of aryl methyl sites for hydroxylation is 1. The maximum atomic E-state index is 12.8. The van der Waals surface area contributed by atoms with Crippen molar-refractivity contribution in [3.8, 4) is 0 Å². The van der Waals surface area contributed by atoms with Crippen molar-refractivity contribution in [2.75, 3.05) is 0 Å². The van der Waals surface area contributed by atoms with Crippen molar-refractivity contribution in [1.29, 1.82) is 0 Å². The van der Waals surface area contributed by atoms with E-state index in [9.17, 15) is 19.2 Å². The first-order valence-electron chi connectivity index (χ1n) is 11.0. The molecule has 0 radical (unpaired) electrons. The standard InChI is InChI=1S/C24H23N5O4S/c1-13-2-6-19-17(8-13)27-21(34-19)11-26-24(33)25-10-14-3-4-16-15(9-14)12-29(23(16)32)18-5-7-20(30)28-22(18)31/h2-4,6,8-9,18H,5,7,10-12H2,1H3,(H2,25,26,33)(H,28,30,31). The Bertz CT molecular complexity index is 1330. The number of nitrogens with one attached hydrogen (secondary N) is 3. The van der Waals surface area contributed by atoms with E-state index in [0.29, 0.717) is 31.6 Å². The third-order valence-electron chi connectivity index (χ3n) is 6.03. The molecular formula is C24H23N5O4S. The summed E-state index contributed by atoms with van der Waals surface area (Å²) in [5, 5.41) is 8.79. The first-order chi connectivity index (χ1) is 16.4. The first kappa shape index (κ1) is 22.0. The number of urea groups is 1. The summed E-state index contributed by atoms with van der Waals surface area (Å²) < 4.78 is 1.09. The third kappa shape index (κ3) is 4.36. The summed E-state index contributed by atoms with van der Waals surface area (Å²) in [6, 6.07) is 10.5. The molecule has 0 bridgehead atoms. The van der Waals surface area contributed by atoms with E-state index >= 15 is 0 Å². The average molecular weight is 478 g/mol. The first-order valence-corrected chi connectivity index (χ1v) is 11.8. The van der Waals surface area contributed by atoms with Crippen LogP contribution in [0, 0.1) is 6.92 Å². The predicted molar refractivity (Wildman–Crippen MR) is 126 cm³/mol. The van der Waals surface area contributed by atoms with Gasteiger partial charge in [-0.25, -0.2) is 9.78 Å². The molecular weight excluding hydrogens is 454 g/mol. The second-order valence-electron chi connectivity index (χ2n) is 8.51. The highest BCUT2D eigenvalue weighted by molar-refractivity contribution is 7.18. The molecule has 5 rings (SSSR count). The molecule has 1 unspecified atom stereocenters. The number of hydrogen-bond acceptors (Lipinski definition) is 6. The highest BCUT2D eigenvalue weighted by Gasteiger charge is 2.39. The monoisotopic (exact) mass is 477 g/mol. The summed E-state index contributed by atoms with van der Waals surface area (Å²) in [4.78, 5) is 54.7. The van der Waals surface area contributed by atoms with Gasteiger partial charge in [-0.2, -0.15) is 0 Å². The van der Waals surface area contributed by atoms with Gasteiger partial charge in [-0.15, -0.1) is 11.3 Å². The number of amides is 5. The SMILES string of the molecule is Cc1ccc2sc(CNC(=O)NCc3ccc4c(c3)CN(C3CCC(=O)NC3=O)C4=O)nc2c1. The van der Waals surface area contributed by atoms with Crippen LogP contribution in [0.25, 0.3) is 10.2 Å². The number of nitrogens with zero attached hydrogens (tertiary/aromatic N) is 2. The number of imide groups is 1. The van der Waals surface area contributed by atoms with Crippen molar-refractivity contribution in [3.05, 3.63) is 63.7 Å². The van der Waals surface area contributed by atoms with E-state index in [1.54, 1.807) is 23.5 Å². The van der Waals surface area contributed by atoms with Gasteiger partial charge in [-0.1, -0.05) is 18.2 Å². The third-order valence-corrected chi connectivity index (χ3v) is 7.06. The van der Waals surface area contributed by atoms with Crippen LogP contribution in [0.1, 0.15) is 44.9 Å². The molecule has 10 heteroatoms. The lowest BCUT2D eigenvalue weighted by atomic mass is 10.0. The molecule has 174 valence electrons. The van der Waals surface area contributed by atoms with Crippen LogP contribution < -0.4 is 16.0 Å². The molecule has 5 amide bonds. The molecule has 3 heterocycles. The Hall–Kier alpha value is -3.79. The average Bonchev–Trinajstić information content (AvgIpc) is 3.36. The van der Waals surface area contributed by atoms with Crippen molar-refractivity contribution < 1.29 is 19.2 Å². The molecule has 34 heavy (non-hydrogen) atoms. The van der Waals surface area contributed by atoms with Crippen molar-refractivity contribution in [3.63, 3.8) is 0 Å². The van der Waals surface area contributed by atoms with Gasteiger partial charge in [0.05, 0.1) is 16.8 Å². The Labute approximate surface area is 199 Å². The van der Waals surface area contributed by atoms with Crippen molar-refractivity contribution >= 4 is 45.3 Å². The van der Waals surface area contributed by atoms with E-state index in [1.807, 2.05) is 31.2 Å². The second kappa shape index (κ2) is 8.86. The van der Waals surface area contributed by atoms with Gasteiger partial charge in [0.15, 0.2) is 0 Å². The molecule has 2 aliphatic heterocycles. The number of fused-ring (bicyclic) bond motifs is 2. The highest BCUT2D eigenvalue weighted by atomic mass is 32.1. The maximum absolute atomic E-state index is 12.8. The summed E-state index contributed by atoms with van der Waals surface area (Å²) in [5.74, 6) is -0.956. The van der Waals surface area contributed by atoms with Gasteiger partial charge >= 0.3 is 6.03 Å². The Morgan fingerprint density at radius 3 is 2.79 bits per heavy atom. The largest absolute Gasteiger partial charge is 0.334 e. The van der Waals surface area contributed by atoms with E-state index in [2.05, 4.69) is 20.9 Å². The summed E-state index contributed by atoms with van der Waals surface area (Å²) in [6.07, 6.45) is 0.546. The number of piperidine rings is 1. The number of thiazole rings is 1. The van der Waals surface area contributed by atoms with Crippen molar-refractivity contribution in [2.45, 2.75) is 45.4 Å². The topological polar surface area (TPSA) is 120 Å². The molecule has 2 aliphatic rings. The Balaban J connectivity index is 1.16. The lowest BCUT2D eigenvalue weighted by Gasteiger charge is -2.29. The van der Waals surface area contributed by atoms with Crippen LogP contribution in [0.2, 0.25) is 0 Å². The minimum Gasteiger partial charge on any atom is -0.334 e. The van der Waals surface area contributed by atoms with Crippen molar-refractivity contribution in [2.24, 2.45) is 0 Å². The zero-order valence-corrected chi connectivity index (χ0v) is 19.3. The van der Waals surface area contributed by atoms with Gasteiger partial charge in [0.25, 0.3) is 5.91 Å².